The summed E-state index contributed by atoms with van der Waals surface area (Å²) < 4.78 is 18.2. The van der Waals surface area contributed by atoms with Gasteiger partial charge in [0.2, 0.25) is 5.91 Å². The minimum absolute atomic E-state index is 0.220. The molecule has 1 saturated carbocycles. The first-order valence-electron chi connectivity index (χ1n) is 8.97. The third kappa shape index (κ3) is 4.56. The van der Waals surface area contributed by atoms with Crippen molar-refractivity contribution in [3.63, 3.8) is 0 Å². The van der Waals surface area contributed by atoms with E-state index in [1.165, 1.54) is 23.5 Å². The van der Waals surface area contributed by atoms with E-state index in [9.17, 15) is 23.9 Å². The minimum atomic E-state index is -1.18. The molecule has 2 N–H and O–H groups in total. The molecule has 1 aromatic heterocycles. The zero-order valence-electron chi connectivity index (χ0n) is 15.2. The van der Waals surface area contributed by atoms with Gasteiger partial charge in [-0.05, 0) is 54.3 Å². The van der Waals surface area contributed by atoms with Crippen molar-refractivity contribution in [1.29, 1.82) is 0 Å². The summed E-state index contributed by atoms with van der Waals surface area (Å²) in [5, 5.41) is 14.3. The lowest BCUT2D eigenvalue weighted by Crippen LogP contribution is -2.21. The Morgan fingerprint density at radius 2 is 1.96 bits per heavy atom. The van der Waals surface area contributed by atoms with E-state index in [0.717, 1.165) is 30.5 Å². The van der Waals surface area contributed by atoms with Crippen LogP contribution in [0.1, 0.15) is 59.5 Å². The maximum atomic E-state index is 13.1. The van der Waals surface area contributed by atoms with Crippen molar-refractivity contribution >= 4 is 34.2 Å². The van der Waals surface area contributed by atoms with Gasteiger partial charge in [-0.15, -0.1) is 11.3 Å². The maximum absolute atomic E-state index is 13.1. The van der Waals surface area contributed by atoms with Crippen LogP contribution >= 0.6 is 11.3 Å². The lowest BCUT2D eigenvalue weighted by Gasteiger charge is -2.13. The van der Waals surface area contributed by atoms with E-state index in [1.54, 1.807) is 6.92 Å². The molecule has 1 atom stereocenters. The molecule has 0 saturated heterocycles. The number of hydrogen-bond donors (Lipinski definition) is 2. The maximum Gasteiger partial charge on any atom is 0.341 e. The summed E-state index contributed by atoms with van der Waals surface area (Å²) >= 11 is 1.23. The second-order valence-corrected chi connectivity index (χ2v) is 7.46. The van der Waals surface area contributed by atoms with Crippen molar-refractivity contribution in [2.75, 3.05) is 11.9 Å². The fraction of sp³-hybridized carbons (Fsp3) is 0.350. The molecule has 1 aliphatic carbocycles. The van der Waals surface area contributed by atoms with E-state index in [1.807, 2.05) is 5.38 Å². The first kappa shape index (κ1) is 20.0. The summed E-state index contributed by atoms with van der Waals surface area (Å²) in [4.78, 5) is 36.4. The van der Waals surface area contributed by atoms with Gasteiger partial charge in [0.15, 0.2) is 0 Å². The average Bonchev–Trinajstić information content (AvgIpc) is 3.41. The molecule has 0 aliphatic heterocycles. The van der Waals surface area contributed by atoms with E-state index in [-0.39, 0.29) is 13.0 Å². The van der Waals surface area contributed by atoms with Crippen molar-refractivity contribution in [2.45, 2.75) is 38.0 Å². The van der Waals surface area contributed by atoms with Crippen molar-refractivity contribution in [3.8, 4) is 0 Å². The smallest absolute Gasteiger partial charge is 0.341 e. The molecule has 1 aliphatic rings. The van der Waals surface area contributed by atoms with Gasteiger partial charge in [0.1, 0.15) is 10.8 Å². The zero-order chi connectivity index (χ0) is 20.3. The van der Waals surface area contributed by atoms with Gasteiger partial charge in [-0.3, -0.25) is 9.59 Å². The molecule has 3 rings (SSSR count). The molecule has 28 heavy (non-hydrogen) atoms. The van der Waals surface area contributed by atoms with E-state index >= 15 is 0 Å². The van der Waals surface area contributed by atoms with E-state index in [4.69, 9.17) is 4.74 Å². The summed E-state index contributed by atoms with van der Waals surface area (Å²) in [5.41, 5.74) is 1.56. The molecule has 1 aromatic carbocycles. The van der Waals surface area contributed by atoms with Crippen LogP contribution in [0.5, 0.6) is 0 Å². The van der Waals surface area contributed by atoms with Gasteiger partial charge in [0.05, 0.1) is 18.1 Å². The zero-order valence-corrected chi connectivity index (χ0v) is 16.1. The SMILES string of the molecule is CCOC(=O)c1c(C2CC2)csc1NC(=O)C[C@H](C(=O)O)c1ccc(F)cc1. The molecular weight excluding hydrogens is 385 g/mol. The highest BCUT2D eigenvalue weighted by Gasteiger charge is 2.33. The molecule has 0 radical (unpaired) electrons. The molecular formula is C20H20FNO5S. The van der Waals surface area contributed by atoms with Crippen LogP contribution < -0.4 is 5.32 Å². The van der Waals surface area contributed by atoms with Crippen molar-refractivity contribution in [3.05, 3.63) is 52.2 Å². The Labute approximate surface area is 165 Å². The Morgan fingerprint density at radius 1 is 1.29 bits per heavy atom. The van der Waals surface area contributed by atoms with Gasteiger partial charge >= 0.3 is 11.9 Å². The largest absolute Gasteiger partial charge is 0.481 e. The number of aliphatic carboxylic acids is 1. The molecule has 8 heteroatoms. The minimum Gasteiger partial charge on any atom is -0.481 e. The Hall–Kier alpha value is -2.74. The molecule has 0 spiro atoms. The number of carboxylic acid groups (broad SMARTS) is 1. The summed E-state index contributed by atoms with van der Waals surface area (Å²) in [6.45, 7) is 1.93. The number of hydrogen-bond acceptors (Lipinski definition) is 5. The van der Waals surface area contributed by atoms with Crippen LogP contribution in [0.2, 0.25) is 0 Å². The normalized spacial score (nSPS) is 14.4. The van der Waals surface area contributed by atoms with Gasteiger partial charge in [0, 0.05) is 6.42 Å². The molecule has 0 unspecified atom stereocenters. The number of rotatable bonds is 8. The van der Waals surface area contributed by atoms with Crippen LogP contribution in [-0.4, -0.2) is 29.6 Å². The number of amides is 1. The highest BCUT2D eigenvalue weighted by Crippen LogP contribution is 2.46. The molecule has 148 valence electrons. The van der Waals surface area contributed by atoms with E-state index in [2.05, 4.69) is 5.32 Å². The summed E-state index contributed by atoms with van der Waals surface area (Å²) in [5.74, 6) is -3.51. The topological polar surface area (TPSA) is 92.7 Å². The number of thiophene rings is 1. The number of carboxylic acids is 1. The molecule has 2 aromatic rings. The highest BCUT2D eigenvalue weighted by atomic mass is 32.1. The number of benzene rings is 1. The van der Waals surface area contributed by atoms with E-state index in [0.29, 0.717) is 22.0 Å². The fourth-order valence-corrected chi connectivity index (χ4v) is 4.02. The molecule has 1 amide bonds. The van der Waals surface area contributed by atoms with Gasteiger partial charge in [-0.25, -0.2) is 9.18 Å². The highest BCUT2D eigenvalue weighted by molar-refractivity contribution is 7.15. The average molecular weight is 405 g/mol. The number of esters is 1. The van der Waals surface area contributed by atoms with Crippen molar-refractivity contribution in [2.24, 2.45) is 0 Å². The second-order valence-electron chi connectivity index (χ2n) is 6.58. The molecule has 1 heterocycles. The van der Waals surface area contributed by atoms with Crippen LogP contribution in [-0.2, 0) is 14.3 Å². The predicted octanol–water partition coefficient (Wildman–Crippen LogP) is 4.14. The number of anilines is 1. The second kappa shape index (κ2) is 8.52. The lowest BCUT2D eigenvalue weighted by atomic mass is 9.95. The Balaban J connectivity index is 1.77. The summed E-state index contributed by atoms with van der Waals surface area (Å²) in [6.07, 6.45) is 1.64. The molecule has 1 fully saturated rings. The Bertz CT molecular complexity index is 889. The number of carbonyl (C=O) groups is 3. The van der Waals surface area contributed by atoms with Crippen LogP contribution in [0.15, 0.2) is 29.6 Å². The lowest BCUT2D eigenvalue weighted by molar-refractivity contribution is -0.140. The van der Waals surface area contributed by atoms with Crippen molar-refractivity contribution < 1.29 is 28.6 Å². The number of nitrogens with one attached hydrogen (secondary N) is 1. The number of carbonyl (C=O) groups excluding carboxylic acids is 2. The van der Waals surface area contributed by atoms with Crippen LogP contribution in [0.25, 0.3) is 0 Å². The van der Waals surface area contributed by atoms with Gasteiger partial charge in [-0.2, -0.15) is 0 Å². The Morgan fingerprint density at radius 3 is 2.54 bits per heavy atom. The molecule has 0 bridgehead atoms. The summed E-state index contributed by atoms with van der Waals surface area (Å²) in [6, 6.07) is 5.01. The van der Waals surface area contributed by atoms with Crippen LogP contribution in [0.3, 0.4) is 0 Å². The first-order chi connectivity index (χ1) is 13.4. The first-order valence-corrected chi connectivity index (χ1v) is 9.85. The Kier molecular flexibility index (Phi) is 6.08. The van der Waals surface area contributed by atoms with Gasteiger partial charge in [0.25, 0.3) is 0 Å². The third-order valence-corrected chi connectivity index (χ3v) is 5.44. The predicted molar refractivity (Wildman–Crippen MR) is 102 cm³/mol. The summed E-state index contributed by atoms with van der Waals surface area (Å²) in [7, 11) is 0. The monoisotopic (exact) mass is 405 g/mol. The third-order valence-electron chi connectivity index (χ3n) is 4.53. The quantitative estimate of drug-likeness (QED) is 0.644. The fourth-order valence-electron chi connectivity index (χ4n) is 2.98. The number of ether oxygens (including phenoxy) is 1. The van der Waals surface area contributed by atoms with Crippen molar-refractivity contribution in [1.82, 2.24) is 0 Å². The standard InChI is InChI=1S/C20H20FNO5S/c1-2-27-20(26)17-15(12-3-4-12)10-28-18(17)22-16(23)9-14(19(24)25)11-5-7-13(21)8-6-11/h5-8,10,12,14H,2-4,9H2,1H3,(H,22,23)(H,24,25)/t14-/m0/s1. The van der Waals surface area contributed by atoms with Crippen LogP contribution in [0.4, 0.5) is 9.39 Å². The molecule has 6 nitrogen and oxygen atoms in total. The van der Waals surface area contributed by atoms with Crippen LogP contribution in [0, 0.1) is 5.82 Å². The number of halogens is 1. The van der Waals surface area contributed by atoms with E-state index < -0.39 is 29.6 Å². The van der Waals surface area contributed by atoms with Gasteiger partial charge < -0.3 is 15.2 Å². The van der Waals surface area contributed by atoms with Gasteiger partial charge in [-0.1, -0.05) is 12.1 Å².